The van der Waals surface area contributed by atoms with Crippen molar-refractivity contribution >= 4 is 12.6 Å². The van der Waals surface area contributed by atoms with E-state index in [1.54, 1.807) is 20.2 Å². The van der Waals surface area contributed by atoms with Gasteiger partial charge in [0, 0.05) is 14.2 Å². The Morgan fingerprint density at radius 2 is 2.06 bits per heavy atom. The molecule has 0 fully saturated rings. The zero-order valence-electron chi connectivity index (χ0n) is 10.8. The topological polar surface area (TPSA) is 50.7 Å². The molecule has 92 valence electrons. The molecule has 0 saturated heterocycles. The number of likely N-dealkylation sites (N-methyl/N-ethyl adjacent to an activating group) is 1. The Morgan fingerprint density at radius 1 is 1.50 bits per heavy atom. The molecule has 0 aliphatic carbocycles. The molecule has 0 heterocycles. The smallest absolute Gasteiger partial charge is 0.269 e. The minimum atomic E-state index is -0.254. The number of nitrogens with one attached hydrogen (secondary N) is 1. The van der Waals surface area contributed by atoms with Crippen LogP contribution in [0.3, 0.4) is 0 Å². The number of allylic oxidation sites excluding steroid dienone is 1. The van der Waals surface area contributed by atoms with Gasteiger partial charge >= 0.3 is 0 Å². The van der Waals surface area contributed by atoms with Crippen molar-refractivity contribution in [1.29, 1.82) is 0 Å². The van der Waals surface area contributed by atoms with E-state index >= 15 is 0 Å². The maximum Gasteiger partial charge on any atom is 0.269 e. The molecule has 0 radical (unpaired) electrons. The van der Waals surface area contributed by atoms with Crippen molar-refractivity contribution in [2.24, 2.45) is 4.99 Å². The lowest BCUT2D eigenvalue weighted by Crippen LogP contribution is -2.19. The van der Waals surface area contributed by atoms with Crippen LogP contribution < -0.4 is 5.32 Å². The van der Waals surface area contributed by atoms with Crippen LogP contribution in [0.1, 0.15) is 20.8 Å². The van der Waals surface area contributed by atoms with Gasteiger partial charge < -0.3 is 10.1 Å². The summed E-state index contributed by atoms with van der Waals surface area (Å²) in [5.41, 5.74) is 1.18. The number of hydrogen-bond acceptors (Lipinski definition) is 3. The van der Waals surface area contributed by atoms with Crippen LogP contribution in [-0.2, 0) is 9.53 Å². The first-order valence-electron chi connectivity index (χ1n) is 5.24. The van der Waals surface area contributed by atoms with E-state index in [2.05, 4.69) is 17.0 Å². The van der Waals surface area contributed by atoms with E-state index in [1.807, 2.05) is 26.8 Å². The highest BCUT2D eigenvalue weighted by molar-refractivity contribution is 5.93. The lowest BCUT2D eigenvalue weighted by atomic mass is 10.2. The summed E-state index contributed by atoms with van der Waals surface area (Å²) in [6.07, 6.45) is 3.51. The Morgan fingerprint density at radius 3 is 2.38 bits per heavy atom. The van der Waals surface area contributed by atoms with E-state index in [4.69, 9.17) is 4.74 Å². The van der Waals surface area contributed by atoms with Gasteiger partial charge in [-0.1, -0.05) is 19.9 Å². The second-order valence-electron chi connectivity index (χ2n) is 2.56. The van der Waals surface area contributed by atoms with Crippen LogP contribution in [-0.4, -0.2) is 33.4 Å². The summed E-state index contributed by atoms with van der Waals surface area (Å²) in [7, 11) is 3.14. The van der Waals surface area contributed by atoms with Crippen molar-refractivity contribution in [3.8, 4) is 0 Å². The van der Waals surface area contributed by atoms with E-state index in [-0.39, 0.29) is 11.6 Å². The standard InChI is InChI=1S/C10H16N2O2.C2H6/c1-5-8(7-14-4)6-9(11-2)10(13)12-3;1-2/h5-6H,2,7H2,1,3-4H3,(H,12,13);1-2H3/b8-5+,9-6-;. The lowest BCUT2D eigenvalue weighted by molar-refractivity contribution is -0.117. The number of ether oxygens (including phenoxy) is 1. The molecule has 4 heteroatoms. The van der Waals surface area contributed by atoms with Gasteiger partial charge in [-0.2, -0.15) is 0 Å². The van der Waals surface area contributed by atoms with Crippen molar-refractivity contribution < 1.29 is 9.53 Å². The number of carbonyl (C=O) groups is 1. The van der Waals surface area contributed by atoms with E-state index in [0.717, 1.165) is 5.57 Å². The maximum absolute atomic E-state index is 11.2. The average molecular weight is 226 g/mol. The quantitative estimate of drug-likeness (QED) is 0.442. The van der Waals surface area contributed by atoms with Gasteiger partial charge in [0.25, 0.3) is 5.91 Å². The number of rotatable bonds is 5. The van der Waals surface area contributed by atoms with Gasteiger partial charge in [0.2, 0.25) is 0 Å². The monoisotopic (exact) mass is 226 g/mol. The maximum atomic E-state index is 11.2. The SMILES string of the molecule is C=N/C(=C\C(=C/C)COC)C(=O)NC.CC. The minimum absolute atomic E-state index is 0.254. The van der Waals surface area contributed by atoms with E-state index in [9.17, 15) is 4.79 Å². The first-order chi connectivity index (χ1) is 7.69. The zero-order valence-corrected chi connectivity index (χ0v) is 10.8. The molecule has 0 rings (SSSR count). The van der Waals surface area contributed by atoms with Gasteiger partial charge in [-0.3, -0.25) is 9.79 Å². The number of nitrogens with zero attached hydrogens (tertiary/aromatic N) is 1. The minimum Gasteiger partial charge on any atom is -0.380 e. The van der Waals surface area contributed by atoms with Gasteiger partial charge in [-0.05, 0) is 25.3 Å². The highest BCUT2D eigenvalue weighted by Crippen LogP contribution is 2.04. The first kappa shape index (κ1) is 17.0. The summed E-state index contributed by atoms with van der Waals surface area (Å²) in [5.74, 6) is -0.254. The van der Waals surface area contributed by atoms with E-state index < -0.39 is 0 Å². The third-order valence-corrected chi connectivity index (χ3v) is 1.63. The normalized spacial score (nSPS) is 11.3. The lowest BCUT2D eigenvalue weighted by Gasteiger charge is -2.02. The molecule has 4 nitrogen and oxygen atoms in total. The number of carbonyl (C=O) groups excluding carboxylic acids is 1. The highest BCUT2D eigenvalue weighted by Gasteiger charge is 2.04. The fraction of sp³-hybridized carbons (Fsp3) is 0.500. The summed E-state index contributed by atoms with van der Waals surface area (Å²) >= 11 is 0. The van der Waals surface area contributed by atoms with Crippen LogP contribution in [0.15, 0.2) is 28.4 Å². The van der Waals surface area contributed by atoms with E-state index in [1.165, 1.54) is 0 Å². The molecule has 0 spiro atoms. The molecule has 0 aliphatic heterocycles. The summed E-state index contributed by atoms with van der Waals surface area (Å²) in [5, 5.41) is 2.48. The molecule has 1 N–H and O–H groups in total. The molecule has 0 aliphatic rings. The van der Waals surface area contributed by atoms with Gasteiger partial charge in [0.15, 0.2) is 0 Å². The van der Waals surface area contributed by atoms with Crippen molar-refractivity contribution in [2.45, 2.75) is 20.8 Å². The van der Waals surface area contributed by atoms with Crippen LogP contribution in [0.2, 0.25) is 0 Å². The van der Waals surface area contributed by atoms with Crippen LogP contribution in [0, 0.1) is 0 Å². The molecule has 0 aromatic heterocycles. The van der Waals surface area contributed by atoms with Gasteiger partial charge in [0.05, 0.1) is 6.61 Å². The Bertz CT molecular complexity index is 268. The Balaban J connectivity index is 0. The molecule has 0 atom stereocenters. The number of aliphatic imine (C=N–C) groups is 1. The largest absolute Gasteiger partial charge is 0.380 e. The highest BCUT2D eigenvalue weighted by atomic mass is 16.5. The Kier molecular flexibility index (Phi) is 12.4. The van der Waals surface area contributed by atoms with Gasteiger partial charge in [-0.15, -0.1) is 0 Å². The molecule has 0 bridgehead atoms. The predicted octanol–water partition coefficient (Wildman–Crippen LogP) is 1.94. The first-order valence-corrected chi connectivity index (χ1v) is 5.24. The van der Waals surface area contributed by atoms with Crippen LogP contribution in [0.25, 0.3) is 0 Å². The third-order valence-electron chi connectivity index (χ3n) is 1.63. The number of amides is 1. The second kappa shape index (κ2) is 11.7. The fourth-order valence-electron chi connectivity index (χ4n) is 0.862. The molecule has 0 saturated carbocycles. The predicted molar refractivity (Wildman–Crippen MR) is 68.7 cm³/mol. The van der Waals surface area contributed by atoms with Crippen molar-refractivity contribution in [2.75, 3.05) is 20.8 Å². The number of hydrogen-bond donors (Lipinski definition) is 1. The van der Waals surface area contributed by atoms with Crippen LogP contribution in [0.5, 0.6) is 0 Å². The van der Waals surface area contributed by atoms with Crippen molar-refractivity contribution in [3.63, 3.8) is 0 Å². The molecule has 0 unspecified atom stereocenters. The fourth-order valence-corrected chi connectivity index (χ4v) is 0.862. The van der Waals surface area contributed by atoms with Crippen LogP contribution in [0.4, 0.5) is 0 Å². The summed E-state index contributed by atoms with van der Waals surface area (Å²) in [4.78, 5) is 14.8. The molecular formula is C12H22N2O2. The molecule has 1 amide bonds. The Hall–Kier alpha value is -1.42. The third kappa shape index (κ3) is 6.95. The van der Waals surface area contributed by atoms with Crippen molar-refractivity contribution in [3.05, 3.63) is 23.4 Å². The van der Waals surface area contributed by atoms with Gasteiger partial charge in [-0.25, -0.2) is 0 Å². The van der Waals surface area contributed by atoms with Crippen molar-refractivity contribution in [1.82, 2.24) is 5.32 Å². The summed E-state index contributed by atoms with van der Waals surface area (Å²) < 4.78 is 4.95. The summed E-state index contributed by atoms with van der Waals surface area (Å²) in [6, 6.07) is 0. The zero-order chi connectivity index (χ0) is 13.0. The Labute approximate surface area is 98.1 Å². The average Bonchev–Trinajstić information content (AvgIpc) is 2.35. The second-order valence-corrected chi connectivity index (χ2v) is 2.56. The number of methoxy groups -OCH3 is 1. The molecule has 0 aromatic rings. The van der Waals surface area contributed by atoms with Crippen LogP contribution >= 0.6 is 0 Å². The summed E-state index contributed by atoms with van der Waals surface area (Å²) in [6.45, 7) is 9.65. The molecular weight excluding hydrogens is 204 g/mol. The van der Waals surface area contributed by atoms with Gasteiger partial charge in [0.1, 0.15) is 5.70 Å². The molecule has 0 aromatic carbocycles. The molecule has 16 heavy (non-hydrogen) atoms. The van der Waals surface area contributed by atoms with E-state index in [0.29, 0.717) is 6.61 Å².